The van der Waals surface area contributed by atoms with Gasteiger partial charge >= 0.3 is 0 Å². The fraction of sp³-hybridized carbons (Fsp3) is 0.348. The van der Waals surface area contributed by atoms with E-state index in [1.54, 1.807) is 18.4 Å². The maximum Gasteiger partial charge on any atom is 0.229 e. The lowest BCUT2D eigenvalue weighted by Crippen LogP contribution is -2.38. The number of carbonyl (C=O) groups excluding carboxylic acids is 1. The van der Waals surface area contributed by atoms with E-state index < -0.39 is 0 Å². The lowest BCUT2D eigenvalue weighted by Gasteiger charge is -2.32. The molecule has 1 N–H and O–H groups in total. The first kappa shape index (κ1) is 21.9. The molecule has 1 fully saturated rings. The normalized spacial score (nSPS) is 14.7. The molecule has 5 rings (SSSR count). The number of aromatic nitrogens is 4. The standard InChI is InChI=1S/C23H24N6O2S2/c1-14-24-20(17-12-18(32-22(17)25-14)15-6-4-3-5-7-15)29-10-8-16(9-11-29)21(30)26-23-28-27-19(33-23)13-31-2/h3-7,12,16H,8-11,13H2,1-2H3,(H,26,28,30). The molecule has 1 amide bonds. The summed E-state index contributed by atoms with van der Waals surface area (Å²) in [7, 11) is 1.61. The van der Waals surface area contributed by atoms with Crippen molar-refractivity contribution in [1.82, 2.24) is 20.2 Å². The number of hydrogen-bond acceptors (Lipinski definition) is 9. The van der Waals surface area contributed by atoms with E-state index in [9.17, 15) is 4.79 Å². The Kier molecular flexibility index (Phi) is 6.30. The lowest BCUT2D eigenvalue weighted by atomic mass is 9.96. The Morgan fingerprint density at radius 2 is 1.94 bits per heavy atom. The molecule has 4 heterocycles. The van der Waals surface area contributed by atoms with Crippen molar-refractivity contribution >= 4 is 49.7 Å². The second-order valence-electron chi connectivity index (χ2n) is 7.97. The molecule has 4 aromatic rings. The largest absolute Gasteiger partial charge is 0.377 e. The van der Waals surface area contributed by atoms with Gasteiger partial charge in [-0.05, 0) is 31.4 Å². The zero-order chi connectivity index (χ0) is 22.8. The molecule has 1 aliphatic rings. The summed E-state index contributed by atoms with van der Waals surface area (Å²) in [5, 5.41) is 13.3. The first-order chi connectivity index (χ1) is 16.1. The average molecular weight is 481 g/mol. The molecule has 1 aromatic carbocycles. The minimum absolute atomic E-state index is 0.000629. The minimum atomic E-state index is -0.0585. The van der Waals surface area contributed by atoms with E-state index in [1.807, 2.05) is 25.1 Å². The van der Waals surface area contributed by atoms with Crippen LogP contribution in [0.2, 0.25) is 0 Å². The van der Waals surface area contributed by atoms with Crippen molar-refractivity contribution in [1.29, 1.82) is 0 Å². The van der Waals surface area contributed by atoms with Gasteiger partial charge in [0.25, 0.3) is 0 Å². The Balaban J connectivity index is 1.29. The molecular formula is C23H24N6O2S2. The van der Waals surface area contributed by atoms with Gasteiger partial charge < -0.3 is 15.0 Å². The number of rotatable bonds is 6. The van der Waals surface area contributed by atoms with E-state index in [2.05, 4.69) is 43.6 Å². The zero-order valence-electron chi connectivity index (χ0n) is 18.4. The van der Waals surface area contributed by atoms with Crippen LogP contribution in [-0.2, 0) is 16.1 Å². The summed E-state index contributed by atoms with van der Waals surface area (Å²) in [4.78, 5) is 26.7. The first-order valence-electron chi connectivity index (χ1n) is 10.8. The third kappa shape index (κ3) is 4.73. The number of amides is 1. The van der Waals surface area contributed by atoms with Crippen molar-refractivity contribution in [3.63, 3.8) is 0 Å². The van der Waals surface area contributed by atoms with Crippen LogP contribution in [0, 0.1) is 12.8 Å². The van der Waals surface area contributed by atoms with E-state index >= 15 is 0 Å². The van der Waals surface area contributed by atoms with Crippen LogP contribution in [0.5, 0.6) is 0 Å². The number of anilines is 2. The van der Waals surface area contributed by atoms with E-state index in [4.69, 9.17) is 9.72 Å². The molecule has 33 heavy (non-hydrogen) atoms. The average Bonchev–Trinajstić information content (AvgIpc) is 3.46. The Morgan fingerprint density at radius 1 is 1.15 bits per heavy atom. The summed E-state index contributed by atoms with van der Waals surface area (Å²) < 4.78 is 5.06. The molecule has 8 nitrogen and oxygen atoms in total. The molecule has 1 saturated heterocycles. The van der Waals surface area contributed by atoms with Gasteiger partial charge in [-0.1, -0.05) is 41.7 Å². The molecule has 10 heteroatoms. The molecule has 0 radical (unpaired) electrons. The number of hydrogen-bond donors (Lipinski definition) is 1. The van der Waals surface area contributed by atoms with Crippen LogP contribution in [-0.4, -0.2) is 46.3 Å². The van der Waals surface area contributed by atoms with E-state index in [1.165, 1.54) is 21.8 Å². The summed E-state index contributed by atoms with van der Waals surface area (Å²) in [5.41, 5.74) is 1.19. The number of ether oxygens (including phenoxy) is 1. The molecule has 0 bridgehead atoms. The number of aryl methyl sites for hydroxylation is 1. The first-order valence-corrected chi connectivity index (χ1v) is 12.4. The van der Waals surface area contributed by atoms with Crippen LogP contribution in [0.15, 0.2) is 36.4 Å². The number of fused-ring (bicyclic) bond motifs is 1. The van der Waals surface area contributed by atoms with E-state index in [-0.39, 0.29) is 11.8 Å². The summed E-state index contributed by atoms with van der Waals surface area (Å²) in [6.45, 7) is 3.87. The number of methoxy groups -OCH3 is 1. The van der Waals surface area contributed by atoms with Crippen molar-refractivity contribution in [3.8, 4) is 10.4 Å². The number of benzene rings is 1. The maximum atomic E-state index is 12.8. The van der Waals surface area contributed by atoms with Crippen LogP contribution in [0.4, 0.5) is 10.9 Å². The molecule has 0 saturated carbocycles. The maximum absolute atomic E-state index is 12.8. The number of nitrogens with one attached hydrogen (secondary N) is 1. The van der Waals surface area contributed by atoms with Gasteiger partial charge in [-0.2, -0.15) is 0 Å². The number of piperidine rings is 1. The molecule has 0 aliphatic carbocycles. The Bertz CT molecular complexity index is 1260. The van der Waals surface area contributed by atoms with Crippen LogP contribution >= 0.6 is 22.7 Å². The van der Waals surface area contributed by atoms with Crippen molar-refractivity contribution in [3.05, 3.63) is 47.2 Å². The van der Waals surface area contributed by atoms with Crippen LogP contribution in [0.3, 0.4) is 0 Å². The fourth-order valence-corrected chi connectivity index (χ4v) is 5.83. The van der Waals surface area contributed by atoms with Crippen molar-refractivity contribution < 1.29 is 9.53 Å². The Hall–Kier alpha value is -2.95. The topological polar surface area (TPSA) is 93.1 Å². The molecule has 1 aliphatic heterocycles. The van der Waals surface area contributed by atoms with Crippen molar-refractivity contribution in [2.75, 3.05) is 30.4 Å². The summed E-state index contributed by atoms with van der Waals surface area (Å²) in [5.74, 6) is 1.67. The molecular weight excluding hydrogens is 456 g/mol. The number of thiophene rings is 1. The third-order valence-electron chi connectivity index (χ3n) is 5.67. The van der Waals surface area contributed by atoms with Crippen LogP contribution in [0.25, 0.3) is 20.7 Å². The molecule has 3 aromatic heterocycles. The summed E-state index contributed by atoms with van der Waals surface area (Å²) in [6, 6.07) is 12.5. The van der Waals surface area contributed by atoms with Gasteiger partial charge in [0, 0.05) is 31.0 Å². The summed E-state index contributed by atoms with van der Waals surface area (Å²) in [6.07, 6.45) is 1.52. The van der Waals surface area contributed by atoms with Gasteiger partial charge in [0.2, 0.25) is 11.0 Å². The van der Waals surface area contributed by atoms with Gasteiger partial charge in [0.15, 0.2) is 0 Å². The fourth-order valence-electron chi connectivity index (χ4n) is 4.04. The highest BCUT2D eigenvalue weighted by Gasteiger charge is 2.28. The number of nitrogens with zero attached hydrogens (tertiary/aromatic N) is 5. The minimum Gasteiger partial charge on any atom is -0.377 e. The Labute approximate surface area is 199 Å². The molecule has 170 valence electrons. The Morgan fingerprint density at radius 3 is 2.70 bits per heavy atom. The second-order valence-corrected chi connectivity index (χ2v) is 10.1. The van der Waals surface area contributed by atoms with Gasteiger partial charge in [-0.25, -0.2) is 9.97 Å². The highest BCUT2D eigenvalue weighted by atomic mass is 32.1. The second kappa shape index (κ2) is 9.50. The molecule has 0 spiro atoms. The monoisotopic (exact) mass is 480 g/mol. The van der Waals surface area contributed by atoms with Gasteiger partial charge in [-0.3, -0.25) is 4.79 Å². The quantitative estimate of drug-likeness (QED) is 0.434. The van der Waals surface area contributed by atoms with Crippen LogP contribution in [0.1, 0.15) is 23.7 Å². The predicted octanol–water partition coefficient (Wildman–Crippen LogP) is 4.52. The highest BCUT2D eigenvalue weighted by Crippen LogP contribution is 2.37. The SMILES string of the molecule is COCc1nnc(NC(=O)C2CCN(c3nc(C)nc4sc(-c5ccccc5)cc34)CC2)s1. The highest BCUT2D eigenvalue weighted by molar-refractivity contribution is 7.22. The van der Waals surface area contributed by atoms with Crippen LogP contribution < -0.4 is 10.2 Å². The smallest absolute Gasteiger partial charge is 0.229 e. The van der Waals surface area contributed by atoms with E-state index in [0.29, 0.717) is 11.7 Å². The predicted molar refractivity (Wildman–Crippen MR) is 132 cm³/mol. The van der Waals surface area contributed by atoms with Crippen molar-refractivity contribution in [2.45, 2.75) is 26.4 Å². The van der Waals surface area contributed by atoms with Gasteiger partial charge in [-0.15, -0.1) is 21.5 Å². The number of carbonyl (C=O) groups is 1. The third-order valence-corrected chi connectivity index (χ3v) is 7.56. The zero-order valence-corrected chi connectivity index (χ0v) is 20.1. The lowest BCUT2D eigenvalue weighted by molar-refractivity contribution is -0.120. The van der Waals surface area contributed by atoms with Crippen molar-refractivity contribution in [2.24, 2.45) is 5.92 Å². The van der Waals surface area contributed by atoms with Gasteiger partial charge in [0.05, 0.1) is 5.39 Å². The van der Waals surface area contributed by atoms with Gasteiger partial charge in [0.1, 0.15) is 28.1 Å². The molecule has 0 unspecified atom stereocenters. The summed E-state index contributed by atoms with van der Waals surface area (Å²) >= 11 is 3.04. The van der Waals surface area contributed by atoms with E-state index in [0.717, 1.165) is 52.8 Å². The molecule has 0 atom stereocenters.